The Morgan fingerprint density at radius 2 is 2.00 bits per heavy atom. The van der Waals surface area contributed by atoms with Crippen LogP contribution in [-0.4, -0.2) is 23.3 Å². The summed E-state index contributed by atoms with van der Waals surface area (Å²) in [4.78, 5) is 21.3. The van der Waals surface area contributed by atoms with Crippen molar-refractivity contribution in [3.63, 3.8) is 0 Å². The highest BCUT2D eigenvalue weighted by atomic mass is 16.3. The van der Waals surface area contributed by atoms with Gasteiger partial charge in [0.1, 0.15) is 12.1 Å². The SMILES string of the molecule is CC(=O)CC[C@@H](C=O)C(O)C(C)C. The number of Topliss-reactive ketones (excluding diaryl/α,β-unsaturated/α-hetero) is 1. The normalized spacial score (nSPS) is 15.5. The number of carbonyl (C=O) groups is 2. The van der Waals surface area contributed by atoms with Gasteiger partial charge in [-0.2, -0.15) is 0 Å². The first-order valence-electron chi connectivity index (χ1n) is 4.61. The van der Waals surface area contributed by atoms with Crippen LogP contribution in [0, 0.1) is 11.8 Å². The van der Waals surface area contributed by atoms with Crippen LogP contribution in [0.4, 0.5) is 0 Å². The standard InChI is InChI=1S/C10H18O3/c1-7(2)10(13)9(6-11)5-4-8(3)12/h6-7,9-10,13H,4-5H2,1-3H3/t9-,10?/m0/s1. The maximum Gasteiger partial charge on any atom is 0.129 e. The molecule has 0 saturated heterocycles. The van der Waals surface area contributed by atoms with Crippen molar-refractivity contribution in [2.75, 3.05) is 0 Å². The molecule has 0 bridgehead atoms. The second-order valence-electron chi connectivity index (χ2n) is 3.78. The minimum atomic E-state index is -0.628. The molecule has 13 heavy (non-hydrogen) atoms. The van der Waals surface area contributed by atoms with Gasteiger partial charge in [0.25, 0.3) is 0 Å². The smallest absolute Gasteiger partial charge is 0.129 e. The van der Waals surface area contributed by atoms with Gasteiger partial charge in [-0.05, 0) is 19.3 Å². The van der Waals surface area contributed by atoms with E-state index >= 15 is 0 Å². The van der Waals surface area contributed by atoms with Crippen LogP contribution in [0.5, 0.6) is 0 Å². The molecule has 1 unspecified atom stereocenters. The molecule has 0 aliphatic carbocycles. The Labute approximate surface area is 79.1 Å². The van der Waals surface area contributed by atoms with E-state index in [0.717, 1.165) is 6.29 Å². The zero-order valence-corrected chi connectivity index (χ0v) is 8.49. The van der Waals surface area contributed by atoms with E-state index in [9.17, 15) is 14.7 Å². The molecule has 3 heteroatoms. The van der Waals surface area contributed by atoms with Crippen LogP contribution in [0.25, 0.3) is 0 Å². The van der Waals surface area contributed by atoms with Gasteiger partial charge in [-0.1, -0.05) is 13.8 Å². The fourth-order valence-corrected chi connectivity index (χ4v) is 1.18. The van der Waals surface area contributed by atoms with Gasteiger partial charge < -0.3 is 14.7 Å². The molecule has 0 saturated carbocycles. The van der Waals surface area contributed by atoms with Gasteiger partial charge in [0, 0.05) is 12.3 Å². The number of ketones is 1. The van der Waals surface area contributed by atoms with Crippen LogP contribution >= 0.6 is 0 Å². The molecule has 0 aliphatic heterocycles. The van der Waals surface area contributed by atoms with Crippen molar-refractivity contribution in [3.8, 4) is 0 Å². The summed E-state index contributed by atoms with van der Waals surface area (Å²) in [6.45, 7) is 5.20. The Morgan fingerprint density at radius 3 is 2.31 bits per heavy atom. The highest BCUT2D eigenvalue weighted by Gasteiger charge is 2.21. The summed E-state index contributed by atoms with van der Waals surface area (Å²) in [5, 5.41) is 9.56. The number of rotatable bonds is 6. The van der Waals surface area contributed by atoms with E-state index in [0.29, 0.717) is 12.8 Å². The van der Waals surface area contributed by atoms with Crippen molar-refractivity contribution in [2.45, 2.75) is 39.7 Å². The monoisotopic (exact) mass is 186 g/mol. The lowest BCUT2D eigenvalue weighted by Crippen LogP contribution is -2.27. The summed E-state index contributed by atoms with van der Waals surface area (Å²) in [6, 6.07) is 0. The highest BCUT2D eigenvalue weighted by Crippen LogP contribution is 2.16. The fourth-order valence-electron chi connectivity index (χ4n) is 1.18. The first-order chi connectivity index (χ1) is 5.99. The quantitative estimate of drug-likeness (QED) is 0.634. The van der Waals surface area contributed by atoms with Crippen LogP contribution in [-0.2, 0) is 9.59 Å². The first kappa shape index (κ1) is 12.3. The lowest BCUT2D eigenvalue weighted by molar-refractivity contribution is -0.119. The first-order valence-corrected chi connectivity index (χ1v) is 4.61. The van der Waals surface area contributed by atoms with Gasteiger partial charge in [0.05, 0.1) is 6.10 Å². The molecule has 1 N–H and O–H groups in total. The molecule has 0 aliphatic rings. The highest BCUT2D eigenvalue weighted by molar-refractivity contribution is 5.75. The number of hydrogen-bond acceptors (Lipinski definition) is 3. The molecular formula is C10H18O3. The Bertz CT molecular complexity index is 175. The van der Waals surface area contributed by atoms with Crippen molar-refractivity contribution in [3.05, 3.63) is 0 Å². The van der Waals surface area contributed by atoms with Crippen LogP contribution in [0.15, 0.2) is 0 Å². The summed E-state index contributed by atoms with van der Waals surface area (Å²) in [5.74, 6) is -0.283. The molecule has 0 amide bonds. The van der Waals surface area contributed by atoms with Crippen LogP contribution < -0.4 is 0 Å². The summed E-state index contributed by atoms with van der Waals surface area (Å²) < 4.78 is 0. The Balaban J connectivity index is 4.02. The van der Waals surface area contributed by atoms with Crippen LogP contribution in [0.2, 0.25) is 0 Å². The predicted molar refractivity (Wildman–Crippen MR) is 50.3 cm³/mol. The second kappa shape index (κ2) is 5.86. The molecule has 0 aromatic heterocycles. The van der Waals surface area contributed by atoms with Crippen molar-refractivity contribution in [1.29, 1.82) is 0 Å². The second-order valence-corrected chi connectivity index (χ2v) is 3.78. The van der Waals surface area contributed by atoms with Gasteiger partial charge >= 0.3 is 0 Å². The molecule has 76 valence electrons. The molecule has 0 fully saturated rings. The van der Waals surface area contributed by atoms with Gasteiger partial charge in [0.15, 0.2) is 0 Å². The molecule has 0 rings (SSSR count). The molecule has 0 heterocycles. The van der Waals surface area contributed by atoms with E-state index < -0.39 is 12.0 Å². The number of carbonyl (C=O) groups excluding carboxylic acids is 2. The van der Waals surface area contributed by atoms with Gasteiger partial charge in [-0.3, -0.25) is 0 Å². The molecular weight excluding hydrogens is 168 g/mol. The predicted octanol–water partition coefficient (Wildman–Crippen LogP) is 1.19. The molecule has 3 nitrogen and oxygen atoms in total. The summed E-state index contributed by atoms with van der Waals surface area (Å²) in [6.07, 6.45) is 0.941. The maximum atomic E-state index is 10.7. The largest absolute Gasteiger partial charge is 0.392 e. The van der Waals surface area contributed by atoms with Crippen molar-refractivity contribution >= 4 is 12.1 Å². The molecule has 2 atom stereocenters. The number of aliphatic hydroxyl groups excluding tert-OH is 1. The zero-order chi connectivity index (χ0) is 10.4. The summed E-state index contributed by atoms with van der Waals surface area (Å²) in [5.41, 5.74) is 0. The van der Waals surface area contributed by atoms with Gasteiger partial charge in [-0.25, -0.2) is 0 Å². The third-order valence-corrected chi connectivity index (χ3v) is 2.13. The van der Waals surface area contributed by atoms with Crippen LogP contribution in [0.1, 0.15) is 33.6 Å². The average molecular weight is 186 g/mol. The Hall–Kier alpha value is -0.700. The molecule has 0 aromatic rings. The minimum Gasteiger partial charge on any atom is -0.392 e. The third kappa shape index (κ3) is 4.78. The van der Waals surface area contributed by atoms with Gasteiger partial charge in [0.2, 0.25) is 0 Å². The van der Waals surface area contributed by atoms with E-state index in [4.69, 9.17) is 0 Å². The summed E-state index contributed by atoms with van der Waals surface area (Å²) >= 11 is 0. The number of hydrogen-bond donors (Lipinski definition) is 1. The summed E-state index contributed by atoms with van der Waals surface area (Å²) in [7, 11) is 0. The average Bonchev–Trinajstić information content (AvgIpc) is 2.04. The zero-order valence-electron chi connectivity index (χ0n) is 8.49. The van der Waals surface area contributed by atoms with Crippen molar-refractivity contribution < 1.29 is 14.7 Å². The number of aldehydes is 1. The topological polar surface area (TPSA) is 54.4 Å². The molecule has 0 spiro atoms. The molecule has 0 radical (unpaired) electrons. The van der Waals surface area contributed by atoms with E-state index in [2.05, 4.69) is 0 Å². The van der Waals surface area contributed by atoms with E-state index in [1.807, 2.05) is 13.8 Å². The fraction of sp³-hybridized carbons (Fsp3) is 0.800. The lowest BCUT2D eigenvalue weighted by atomic mass is 9.90. The minimum absolute atomic E-state index is 0.0576. The van der Waals surface area contributed by atoms with Crippen LogP contribution in [0.3, 0.4) is 0 Å². The van der Waals surface area contributed by atoms with Gasteiger partial charge in [-0.15, -0.1) is 0 Å². The Kier molecular flexibility index (Phi) is 5.55. The van der Waals surface area contributed by atoms with E-state index in [-0.39, 0.29) is 11.7 Å². The third-order valence-electron chi connectivity index (χ3n) is 2.13. The van der Waals surface area contributed by atoms with E-state index in [1.165, 1.54) is 6.92 Å². The molecule has 0 aromatic carbocycles. The van der Waals surface area contributed by atoms with Crippen molar-refractivity contribution in [2.24, 2.45) is 11.8 Å². The van der Waals surface area contributed by atoms with Crippen molar-refractivity contribution in [1.82, 2.24) is 0 Å². The maximum absolute atomic E-state index is 10.7. The number of aliphatic hydroxyl groups is 1. The lowest BCUT2D eigenvalue weighted by Gasteiger charge is -2.20. The van der Waals surface area contributed by atoms with E-state index in [1.54, 1.807) is 0 Å². The Morgan fingerprint density at radius 1 is 1.46 bits per heavy atom.